The normalized spacial score (nSPS) is 16.1. The molecule has 184 valence electrons. The molecule has 0 atom stereocenters. The Bertz CT molecular complexity index is 1210. The summed E-state index contributed by atoms with van der Waals surface area (Å²) < 4.78 is 6.91. The molecule has 1 aliphatic rings. The number of rotatable bonds is 7. The van der Waals surface area contributed by atoms with Gasteiger partial charge in [-0.05, 0) is 80.9 Å². The molecular weight excluding hydrogens is 426 g/mol. The van der Waals surface area contributed by atoms with Gasteiger partial charge in [0.15, 0.2) is 0 Å². The van der Waals surface area contributed by atoms with Gasteiger partial charge in [0.05, 0.1) is 17.9 Å². The van der Waals surface area contributed by atoms with Gasteiger partial charge in [0.2, 0.25) is 0 Å². The minimum Gasteiger partial charge on any atom is -0.389 e. The second kappa shape index (κ2) is 9.68. The molecule has 2 aromatic heterocycles. The number of likely N-dealkylation sites (tertiary alicyclic amines) is 1. The number of hydrogen-bond acceptors (Lipinski definition) is 4. The number of hydrogen-bond donors (Lipinski definition) is 2. The van der Waals surface area contributed by atoms with Crippen LogP contribution in [0.3, 0.4) is 0 Å². The summed E-state index contributed by atoms with van der Waals surface area (Å²) in [5.41, 5.74) is 5.89. The first kappa shape index (κ1) is 24.7. The van der Waals surface area contributed by atoms with E-state index >= 15 is 0 Å². The SMILES string of the molecule is COCc1cc(-c2[nH]c3ccc(C4CCN(CC(C)(C)O)CC4)cc3c2C(C)C)cn(C)c1=O. The van der Waals surface area contributed by atoms with E-state index in [-0.39, 0.29) is 5.56 Å². The van der Waals surface area contributed by atoms with Gasteiger partial charge in [-0.1, -0.05) is 19.9 Å². The Balaban J connectivity index is 1.69. The highest BCUT2D eigenvalue weighted by Gasteiger charge is 2.26. The van der Waals surface area contributed by atoms with Crippen molar-refractivity contribution in [1.29, 1.82) is 0 Å². The Morgan fingerprint density at radius 3 is 2.53 bits per heavy atom. The van der Waals surface area contributed by atoms with Crippen LogP contribution in [0.5, 0.6) is 0 Å². The zero-order chi connectivity index (χ0) is 24.6. The van der Waals surface area contributed by atoms with Crippen molar-refractivity contribution in [2.75, 3.05) is 26.7 Å². The number of aromatic nitrogens is 2. The minimum atomic E-state index is -0.649. The monoisotopic (exact) mass is 465 g/mol. The van der Waals surface area contributed by atoms with Crippen molar-refractivity contribution in [2.24, 2.45) is 7.05 Å². The lowest BCUT2D eigenvalue weighted by molar-refractivity contribution is 0.0282. The van der Waals surface area contributed by atoms with Crippen molar-refractivity contribution in [1.82, 2.24) is 14.5 Å². The molecule has 0 aliphatic carbocycles. The van der Waals surface area contributed by atoms with E-state index in [1.807, 2.05) is 26.1 Å². The number of benzene rings is 1. The lowest BCUT2D eigenvalue weighted by Crippen LogP contribution is -2.42. The first-order chi connectivity index (χ1) is 16.1. The van der Waals surface area contributed by atoms with Gasteiger partial charge >= 0.3 is 0 Å². The van der Waals surface area contributed by atoms with E-state index in [0.717, 1.165) is 49.2 Å². The first-order valence-corrected chi connectivity index (χ1v) is 12.4. The third-order valence-corrected chi connectivity index (χ3v) is 6.96. The molecule has 0 bridgehead atoms. The van der Waals surface area contributed by atoms with E-state index in [2.05, 4.69) is 41.9 Å². The molecule has 2 N–H and O–H groups in total. The molecule has 3 heterocycles. The van der Waals surface area contributed by atoms with E-state index in [9.17, 15) is 9.90 Å². The minimum absolute atomic E-state index is 0.0222. The zero-order valence-corrected chi connectivity index (χ0v) is 21.4. The maximum absolute atomic E-state index is 12.5. The first-order valence-electron chi connectivity index (χ1n) is 12.4. The van der Waals surface area contributed by atoms with Crippen molar-refractivity contribution in [3.05, 3.63) is 57.5 Å². The third kappa shape index (κ3) is 5.14. The molecule has 6 nitrogen and oxygen atoms in total. The molecule has 1 saturated heterocycles. The topological polar surface area (TPSA) is 70.5 Å². The Kier molecular flexibility index (Phi) is 7.04. The van der Waals surface area contributed by atoms with E-state index in [1.165, 1.54) is 16.5 Å². The van der Waals surface area contributed by atoms with Gasteiger partial charge in [-0.25, -0.2) is 0 Å². The average Bonchev–Trinajstić information content (AvgIpc) is 3.15. The van der Waals surface area contributed by atoms with E-state index in [4.69, 9.17) is 4.74 Å². The number of H-pyrrole nitrogens is 1. The van der Waals surface area contributed by atoms with Crippen LogP contribution < -0.4 is 5.56 Å². The molecule has 3 aromatic rings. The summed E-state index contributed by atoms with van der Waals surface area (Å²) in [5.74, 6) is 0.863. The fourth-order valence-electron chi connectivity index (χ4n) is 5.46. The molecule has 6 heteroatoms. The summed E-state index contributed by atoms with van der Waals surface area (Å²) in [4.78, 5) is 18.5. The largest absolute Gasteiger partial charge is 0.389 e. The van der Waals surface area contributed by atoms with E-state index in [1.54, 1.807) is 18.7 Å². The van der Waals surface area contributed by atoms with Crippen LogP contribution in [0.1, 0.15) is 69.1 Å². The smallest absolute Gasteiger partial charge is 0.255 e. The maximum Gasteiger partial charge on any atom is 0.255 e. The third-order valence-electron chi connectivity index (χ3n) is 6.96. The Labute approximate surface area is 202 Å². The Morgan fingerprint density at radius 2 is 1.91 bits per heavy atom. The van der Waals surface area contributed by atoms with Crippen LogP contribution in [0.15, 0.2) is 35.3 Å². The van der Waals surface area contributed by atoms with Gasteiger partial charge in [0, 0.05) is 48.9 Å². The molecular formula is C28H39N3O3. The molecule has 0 saturated carbocycles. The number of nitrogens with one attached hydrogen (secondary N) is 1. The lowest BCUT2D eigenvalue weighted by Gasteiger charge is -2.35. The molecule has 0 radical (unpaired) electrons. The standard InChI is InChI=1S/C28H39N3O3/c1-18(2)25-23-14-20(19-9-11-31(12-10-19)17-28(3,4)33)7-8-24(23)29-26(25)21-13-22(16-34-6)27(32)30(5)15-21/h7-8,13-15,18-19,29,33H,9-12,16-17H2,1-6H3. The molecule has 1 aliphatic heterocycles. The molecule has 34 heavy (non-hydrogen) atoms. The van der Waals surface area contributed by atoms with Crippen molar-refractivity contribution in [3.8, 4) is 11.3 Å². The van der Waals surface area contributed by atoms with Gasteiger partial charge in [-0.2, -0.15) is 0 Å². The van der Waals surface area contributed by atoms with Gasteiger partial charge < -0.3 is 24.3 Å². The van der Waals surface area contributed by atoms with Crippen LogP contribution in [-0.2, 0) is 18.4 Å². The second-order valence-electron chi connectivity index (χ2n) is 10.8. The molecule has 1 aromatic carbocycles. The van der Waals surface area contributed by atoms with Gasteiger partial charge in [-0.15, -0.1) is 0 Å². The molecule has 0 unspecified atom stereocenters. The quantitative estimate of drug-likeness (QED) is 0.528. The van der Waals surface area contributed by atoms with Crippen LogP contribution in [0.25, 0.3) is 22.2 Å². The molecule has 0 spiro atoms. The van der Waals surface area contributed by atoms with E-state index in [0.29, 0.717) is 24.0 Å². The number of aromatic amines is 1. The summed E-state index contributed by atoms with van der Waals surface area (Å²) in [6, 6.07) is 8.81. The van der Waals surface area contributed by atoms with Crippen molar-refractivity contribution in [3.63, 3.8) is 0 Å². The van der Waals surface area contributed by atoms with Crippen LogP contribution >= 0.6 is 0 Å². The second-order valence-corrected chi connectivity index (χ2v) is 10.8. The van der Waals surface area contributed by atoms with E-state index < -0.39 is 5.60 Å². The van der Waals surface area contributed by atoms with Crippen LogP contribution in [0.2, 0.25) is 0 Å². The number of aliphatic hydroxyl groups is 1. The summed E-state index contributed by atoms with van der Waals surface area (Å²) in [6.07, 6.45) is 4.13. The summed E-state index contributed by atoms with van der Waals surface area (Å²) in [5, 5.41) is 11.4. The number of aryl methyl sites for hydroxylation is 1. The number of β-amino-alcohol motifs (C(OH)–C–C–N with tert-alkyl or cyclic N) is 1. The van der Waals surface area contributed by atoms with Gasteiger partial charge in [0.25, 0.3) is 5.56 Å². The summed E-state index contributed by atoms with van der Waals surface area (Å²) in [6.45, 7) is 11.3. The fourth-order valence-corrected chi connectivity index (χ4v) is 5.46. The van der Waals surface area contributed by atoms with Crippen LogP contribution in [0, 0.1) is 0 Å². The number of ether oxygens (including phenoxy) is 1. The Morgan fingerprint density at radius 1 is 1.21 bits per heavy atom. The molecule has 1 fully saturated rings. The summed E-state index contributed by atoms with van der Waals surface area (Å²) in [7, 11) is 3.41. The zero-order valence-electron chi connectivity index (χ0n) is 21.4. The highest BCUT2D eigenvalue weighted by Crippen LogP contribution is 2.38. The Hall–Kier alpha value is -2.41. The van der Waals surface area contributed by atoms with Gasteiger partial charge in [-0.3, -0.25) is 4.79 Å². The number of nitrogens with zero attached hydrogens (tertiary/aromatic N) is 2. The fraction of sp³-hybridized carbons (Fsp3) is 0.536. The predicted molar refractivity (Wildman–Crippen MR) is 138 cm³/mol. The highest BCUT2D eigenvalue weighted by atomic mass is 16.5. The molecule has 4 rings (SSSR count). The van der Waals surface area contributed by atoms with Crippen molar-refractivity contribution >= 4 is 10.9 Å². The summed E-state index contributed by atoms with van der Waals surface area (Å²) >= 11 is 0. The highest BCUT2D eigenvalue weighted by molar-refractivity contribution is 5.92. The number of piperidine rings is 1. The predicted octanol–water partition coefficient (Wildman–Crippen LogP) is 4.75. The maximum atomic E-state index is 12.5. The van der Waals surface area contributed by atoms with Crippen LogP contribution in [0.4, 0.5) is 0 Å². The number of methoxy groups -OCH3 is 1. The van der Waals surface area contributed by atoms with Crippen molar-refractivity contribution < 1.29 is 9.84 Å². The number of pyridine rings is 1. The van der Waals surface area contributed by atoms with Crippen molar-refractivity contribution in [2.45, 2.75) is 64.6 Å². The van der Waals surface area contributed by atoms with Gasteiger partial charge in [0.1, 0.15) is 0 Å². The lowest BCUT2D eigenvalue weighted by atomic mass is 9.87. The average molecular weight is 466 g/mol. The van der Waals surface area contributed by atoms with Crippen LogP contribution in [-0.4, -0.2) is 51.9 Å². The number of fused-ring (bicyclic) bond motifs is 1. The molecule has 0 amide bonds.